The molecular formula is C18H18Cl2FN3S. The lowest BCUT2D eigenvalue weighted by atomic mass is 10.2. The van der Waals surface area contributed by atoms with Crippen LogP contribution >= 0.6 is 35.4 Å². The van der Waals surface area contributed by atoms with E-state index in [0.717, 1.165) is 38.3 Å². The fourth-order valence-corrected chi connectivity index (χ4v) is 3.40. The largest absolute Gasteiger partial charge is 0.346 e. The molecule has 0 unspecified atom stereocenters. The van der Waals surface area contributed by atoms with Crippen LogP contribution < -0.4 is 5.32 Å². The van der Waals surface area contributed by atoms with E-state index in [4.69, 9.17) is 35.4 Å². The molecule has 0 amide bonds. The summed E-state index contributed by atoms with van der Waals surface area (Å²) in [6, 6.07) is 12.0. The van der Waals surface area contributed by atoms with Crippen LogP contribution in [0.15, 0.2) is 42.5 Å². The summed E-state index contributed by atoms with van der Waals surface area (Å²) < 4.78 is 13.3. The summed E-state index contributed by atoms with van der Waals surface area (Å²) in [7, 11) is 0. The van der Waals surface area contributed by atoms with E-state index in [1.807, 2.05) is 18.2 Å². The Balaban J connectivity index is 1.51. The Morgan fingerprint density at radius 1 is 1.04 bits per heavy atom. The quantitative estimate of drug-likeness (QED) is 0.759. The molecule has 25 heavy (non-hydrogen) atoms. The molecule has 3 nitrogen and oxygen atoms in total. The molecule has 1 aliphatic heterocycles. The molecule has 132 valence electrons. The molecule has 0 aromatic heterocycles. The molecule has 0 atom stereocenters. The molecule has 2 aromatic carbocycles. The van der Waals surface area contributed by atoms with E-state index in [-0.39, 0.29) is 5.82 Å². The van der Waals surface area contributed by atoms with E-state index in [2.05, 4.69) is 15.1 Å². The van der Waals surface area contributed by atoms with Gasteiger partial charge in [0, 0.05) is 38.4 Å². The normalized spacial score (nSPS) is 15.2. The summed E-state index contributed by atoms with van der Waals surface area (Å²) in [6.07, 6.45) is 0. The van der Waals surface area contributed by atoms with Gasteiger partial charge in [0.05, 0.1) is 10.0 Å². The molecule has 1 heterocycles. The number of rotatable bonds is 3. The van der Waals surface area contributed by atoms with Gasteiger partial charge in [-0.15, -0.1) is 0 Å². The van der Waals surface area contributed by atoms with Gasteiger partial charge in [0.15, 0.2) is 5.11 Å². The van der Waals surface area contributed by atoms with Crippen LogP contribution in [0.2, 0.25) is 10.0 Å². The third-order valence-electron chi connectivity index (χ3n) is 4.13. The molecule has 1 aliphatic rings. The van der Waals surface area contributed by atoms with Crippen molar-refractivity contribution >= 4 is 46.2 Å². The van der Waals surface area contributed by atoms with Crippen LogP contribution in [-0.2, 0) is 6.54 Å². The molecule has 2 aromatic rings. The predicted molar refractivity (Wildman–Crippen MR) is 106 cm³/mol. The Labute approximate surface area is 162 Å². The van der Waals surface area contributed by atoms with Gasteiger partial charge >= 0.3 is 0 Å². The van der Waals surface area contributed by atoms with Crippen molar-refractivity contribution in [2.75, 3.05) is 31.5 Å². The molecule has 0 aliphatic carbocycles. The van der Waals surface area contributed by atoms with Gasteiger partial charge in [0.25, 0.3) is 0 Å². The van der Waals surface area contributed by atoms with Gasteiger partial charge in [-0.25, -0.2) is 4.39 Å². The van der Waals surface area contributed by atoms with Crippen molar-refractivity contribution in [2.24, 2.45) is 0 Å². The average Bonchev–Trinajstić information content (AvgIpc) is 2.59. The molecule has 3 rings (SSSR count). The Hall–Kier alpha value is -1.40. The second-order valence-electron chi connectivity index (χ2n) is 5.95. The molecule has 7 heteroatoms. The molecule has 1 fully saturated rings. The lowest BCUT2D eigenvalue weighted by molar-refractivity contribution is 0.177. The van der Waals surface area contributed by atoms with Crippen molar-refractivity contribution in [3.63, 3.8) is 0 Å². The summed E-state index contributed by atoms with van der Waals surface area (Å²) in [5.74, 6) is -0.278. The van der Waals surface area contributed by atoms with Crippen molar-refractivity contribution in [3.05, 3.63) is 63.9 Å². The number of anilines is 1. The van der Waals surface area contributed by atoms with Crippen molar-refractivity contribution < 1.29 is 4.39 Å². The van der Waals surface area contributed by atoms with Gasteiger partial charge in [-0.3, -0.25) is 4.90 Å². The van der Waals surface area contributed by atoms with E-state index in [1.165, 1.54) is 12.1 Å². The van der Waals surface area contributed by atoms with Gasteiger partial charge in [-0.1, -0.05) is 35.3 Å². The number of halogens is 3. The highest BCUT2D eigenvalue weighted by Crippen LogP contribution is 2.23. The van der Waals surface area contributed by atoms with E-state index in [1.54, 1.807) is 12.1 Å². The van der Waals surface area contributed by atoms with Gasteiger partial charge in [-0.2, -0.15) is 0 Å². The first kappa shape index (κ1) is 18.4. The molecule has 0 spiro atoms. The standard InChI is InChI=1S/C18H18Cl2FN3S/c19-16-5-4-13(10-17(16)20)12-23-6-8-24(9-7-23)18(25)22-15-3-1-2-14(21)11-15/h1-5,10-11H,6-9,12H2,(H,22,25). The van der Waals surface area contributed by atoms with Crippen molar-refractivity contribution in [3.8, 4) is 0 Å². The second kappa shape index (κ2) is 8.32. The maximum Gasteiger partial charge on any atom is 0.173 e. The first-order valence-electron chi connectivity index (χ1n) is 7.99. The summed E-state index contributed by atoms with van der Waals surface area (Å²) in [6.45, 7) is 4.26. The Kier molecular flexibility index (Phi) is 6.12. The number of nitrogens with zero attached hydrogens (tertiary/aromatic N) is 2. The number of benzene rings is 2. The topological polar surface area (TPSA) is 18.5 Å². The van der Waals surface area contributed by atoms with Gasteiger partial charge in [0.1, 0.15) is 5.82 Å². The van der Waals surface area contributed by atoms with Crippen LogP contribution in [0.1, 0.15) is 5.56 Å². The van der Waals surface area contributed by atoms with Crippen LogP contribution in [-0.4, -0.2) is 41.1 Å². The number of hydrogen-bond acceptors (Lipinski definition) is 2. The highest BCUT2D eigenvalue weighted by Gasteiger charge is 2.19. The molecular weight excluding hydrogens is 380 g/mol. The summed E-state index contributed by atoms with van der Waals surface area (Å²) in [5, 5.41) is 4.88. The lowest BCUT2D eigenvalue weighted by Crippen LogP contribution is -2.49. The highest BCUT2D eigenvalue weighted by molar-refractivity contribution is 7.80. The molecule has 1 saturated heterocycles. The van der Waals surface area contributed by atoms with Gasteiger partial charge in [-0.05, 0) is 48.1 Å². The Morgan fingerprint density at radius 3 is 2.48 bits per heavy atom. The third-order valence-corrected chi connectivity index (χ3v) is 5.22. The Morgan fingerprint density at radius 2 is 1.80 bits per heavy atom. The summed E-state index contributed by atoms with van der Waals surface area (Å²) >= 11 is 17.5. The Bertz CT molecular complexity index is 764. The zero-order valence-corrected chi connectivity index (χ0v) is 15.8. The minimum absolute atomic E-state index is 0.278. The first-order chi connectivity index (χ1) is 12.0. The monoisotopic (exact) mass is 397 g/mol. The molecule has 0 saturated carbocycles. The smallest absolute Gasteiger partial charge is 0.173 e. The summed E-state index contributed by atoms with van der Waals surface area (Å²) in [4.78, 5) is 4.45. The summed E-state index contributed by atoms with van der Waals surface area (Å²) in [5.41, 5.74) is 1.81. The SMILES string of the molecule is Fc1cccc(NC(=S)N2CCN(Cc3ccc(Cl)c(Cl)c3)CC2)c1. The zero-order valence-electron chi connectivity index (χ0n) is 13.5. The maximum absolute atomic E-state index is 13.3. The second-order valence-corrected chi connectivity index (χ2v) is 7.15. The van der Waals surface area contributed by atoms with Crippen LogP contribution in [0.4, 0.5) is 10.1 Å². The minimum atomic E-state index is -0.278. The van der Waals surface area contributed by atoms with Crippen molar-refractivity contribution in [2.45, 2.75) is 6.54 Å². The van der Waals surface area contributed by atoms with E-state index >= 15 is 0 Å². The van der Waals surface area contributed by atoms with Crippen LogP contribution in [0.3, 0.4) is 0 Å². The van der Waals surface area contributed by atoms with E-state index in [9.17, 15) is 4.39 Å². The first-order valence-corrected chi connectivity index (χ1v) is 9.15. The molecule has 0 bridgehead atoms. The lowest BCUT2D eigenvalue weighted by Gasteiger charge is -2.36. The molecule has 0 radical (unpaired) electrons. The number of thiocarbonyl (C=S) groups is 1. The molecule has 1 N–H and O–H groups in total. The van der Waals surface area contributed by atoms with Gasteiger partial charge < -0.3 is 10.2 Å². The van der Waals surface area contributed by atoms with Crippen LogP contribution in [0, 0.1) is 5.82 Å². The fourth-order valence-electron chi connectivity index (χ4n) is 2.77. The van der Waals surface area contributed by atoms with Gasteiger partial charge in [0.2, 0.25) is 0 Å². The van der Waals surface area contributed by atoms with Crippen LogP contribution in [0.25, 0.3) is 0 Å². The highest BCUT2D eigenvalue weighted by atomic mass is 35.5. The third kappa shape index (κ3) is 5.05. The predicted octanol–water partition coefficient (Wildman–Crippen LogP) is 4.65. The maximum atomic E-state index is 13.3. The van der Waals surface area contributed by atoms with Crippen molar-refractivity contribution in [1.82, 2.24) is 9.80 Å². The number of piperazine rings is 1. The fraction of sp³-hybridized carbons (Fsp3) is 0.278. The minimum Gasteiger partial charge on any atom is -0.346 e. The van der Waals surface area contributed by atoms with E-state index in [0.29, 0.717) is 20.8 Å². The number of hydrogen-bond donors (Lipinski definition) is 1. The average molecular weight is 398 g/mol. The van der Waals surface area contributed by atoms with Crippen molar-refractivity contribution in [1.29, 1.82) is 0 Å². The number of nitrogens with one attached hydrogen (secondary N) is 1. The zero-order chi connectivity index (χ0) is 17.8. The van der Waals surface area contributed by atoms with Crippen LogP contribution in [0.5, 0.6) is 0 Å². The van der Waals surface area contributed by atoms with E-state index < -0.39 is 0 Å².